The molecule has 0 atom stereocenters. The van der Waals surface area contributed by atoms with Gasteiger partial charge in [0.2, 0.25) is 11.8 Å². The number of anilines is 1. The van der Waals surface area contributed by atoms with Crippen LogP contribution in [-0.2, 0) is 9.59 Å². The number of carbonyl (C=O) groups excluding carboxylic acids is 3. The van der Waals surface area contributed by atoms with E-state index in [0.29, 0.717) is 24.2 Å². The SMILES string of the molecule is CC(=O)c1ccc(N(CCC(=O)N2CCCCC2)C(C)=O)cc1. The van der Waals surface area contributed by atoms with Gasteiger partial charge in [-0.1, -0.05) is 0 Å². The molecule has 124 valence electrons. The predicted octanol–water partition coefficient (Wildman–Crippen LogP) is 2.64. The second kappa shape index (κ2) is 7.90. The first-order valence-corrected chi connectivity index (χ1v) is 8.16. The fourth-order valence-corrected chi connectivity index (χ4v) is 2.85. The number of Topliss-reactive ketones (excluding diaryl/α,β-unsaturated/α-hetero) is 1. The standard InChI is InChI=1S/C18H24N2O3/c1-14(21)16-6-8-17(9-7-16)20(15(2)22)13-10-18(23)19-11-4-3-5-12-19/h6-9H,3-5,10-13H2,1-2H3. The second-order valence-corrected chi connectivity index (χ2v) is 5.97. The fourth-order valence-electron chi connectivity index (χ4n) is 2.85. The topological polar surface area (TPSA) is 57.7 Å². The third-order valence-corrected chi connectivity index (χ3v) is 4.22. The maximum atomic E-state index is 12.2. The van der Waals surface area contributed by atoms with Gasteiger partial charge in [0, 0.05) is 44.2 Å². The van der Waals surface area contributed by atoms with Crippen molar-refractivity contribution in [1.29, 1.82) is 0 Å². The van der Waals surface area contributed by atoms with Gasteiger partial charge < -0.3 is 9.80 Å². The van der Waals surface area contributed by atoms with E-state index in [1.807, 2.05) is 4.90 Å². The number of amides is 2. The van der Waals surface area contributed by atoms with Crippen molar-refractivity contribution in [3.8, 4) is 0 Å². The zero-order valence-electron chi connectivity index (χ0n) is 13.9. The van der Waals surface area contributed by atoms with Crippen LogP contribution in [0.15, 0.2) is 24.3 Å². The fraction of sp³-hybridized carbons (Fsp3) is 0.500. The van der Waals surface area contributed by atoms with Crippen LogP contribution < -0.4 is 4.90 Å². The Labute approximate surface area is 137 Å². The van der Waals surface area contributed by atoms with Crippen LogP contribution in [0.2, 0.25) is 0 Å². The van der Waals surface area contributed by atoms with Gasteiger partial charge in [-0.05, 0) is 50.5 Å². The Morgan fingerprint density at radius 2 is 1.61 bits per heavy atom. The number of likely N-dealkylation sites (tertiary alicyclic amines) is 1. The van der Waals surface area contributed by atoms with Gasteiger partial charge in [0.25, 0.3) is 0 Å². The van der Waals surface area contributed by atoms with E-state index in [1.54, 1.807) is 29.2 Å². The maximum Gasteiger partial charge on any atom is 0.224 e. The molecule has 1 aliphatic rings. The lowest BCUT2D eigenvalue weighted by Crippen LogP contribution is -2.38. The molecule has 5 heteroatoms. The van der Waals surface area contributed by atoms with Crippen molar-refractivity contribution in [2.45, 2.75) is 39.5 Å². The summed E-state index contributed by atoms with van der Waals surface area (Å²) >= 11 is 0. The Morgan fingerprint density at radius 3 is 2.13 bits per heavy atom. The van der Waals surface area contributed by atoms with E-state index in [4.69, 9.17) is 0 Å². The maximum absolute atomic E-state index is 12.2. The number of ketones is 1. The van der Waals surface area contributed by atoms with Crippen LogP contribution in [0.4, 0.5) is 5.69 Å². The molecule has 5 nitrogen and oxygen atoms in total. The van der Waals surface area contributed by atoms with Crippen LogP contribution in [0.5, 0.6) is 0 Å². The van der Waals surface area contributed by atoms with E-state index >= 15 is 0 Å². The molecule has 1 aromatic rings. The number of hydrogen-bond donors (Lipinski definition) is 0. The van der Waals surface area contributed by atoms with E-state index in [0.717, 1.165) is 25.9 Å². The molecule has 0 saturated carbocycles. The smallest absolute Gasteiger partial charge is 0.224 e. The molecule has 0 aliphatic carbocycles. The zero-order chi connectivity index (χ0) is 16.8. The van der Waals surface area contributed by atoms with Crippen LogP contribution in [0.1, 0.15) is 49.9 Å². The van der Waals surface area contributed by atoms with Crippen molar-refractivity contribution in [3.63, 3.8) is 0 Å². The first kappa shape index (κ1) is 17.2. The van der Waals surface area contributed by atoms with Gasteiger partial charge in [-0.15, -0.1) is 0 Å². The highest BCUT2D eigenvalue weighted by atomic mass is 16.2. The molecule has 1 fully saturated rings. The van der Waals surface area contributed by atoms with Crippen LogP contribution in [0, 0.1) is 0 Å². The number of nitrogens with zero attached hydrogens (tertiary/aromatic N) is 2. The first-order chi connectivity index (χ1) is 11.0. The molecule has 0 bridgehead atoms. The molecule has 0 N–H and O–H groups in total. The molecule has 1 heterocycles. The molecule has 2 amide bonds. The van der Waals surface area contributed by atoms with Crippen molar-refractivity contribution < 1.29 is 14.4 Å². The van der Waals surface area contributed by atoms with Gasteiger partial charge in [-0.2, -0.15) is 0 Å². The molecular formula is C18H24N2O3. The van der Waals surface area contributed by atoms with Crippen molar-refractivity contribution in [3.05, 3.63) is 29.8 Å². The molecule has 1 saturated heterocycles. The Bertz CT molecular complexity index is 574. The van der Waals surface area contributed by atoms with E-state index in [-0.39, 0.29) is 17.6 Å². The largest absolute Gasteiger partial charge is 0.343 e. The lowest BCUT2D eigenvalue weighted by Gasteiger charge is -2.28. The third-order valence-electron chi connectivity index (χ3n) is 4.22. The Morgan fingerprint density at radius 1 is 1.00 bits per heavy atom. The highest BCUT2D eigenvalue weighted by molar-refractivity contribution is 5.96. The Balaban J connectivity index is 1.99. The molecule has 23 heavy (non-hydrogen) atoms. The minimum atomic E-state index is -0.105. The molecule has 1 aliphatic heterocycles. The quantitative estimate of drug-likeness (QED) is 0.785. The highest BCUT2D eigenvalue weighted by Gasteiger charge is 2.19. The van der Waals surface area contributed by atoms with Crippen LogP contribution in [-0.4, -0.2) is 42.1 Å². The van der Waals surface area contributed by atoms with Gasteiger partial charge in [0.05, 0.1) is 0 Å². The van der Waals surface area contributed by atoms with Gasteiger partial charge in [-0.3, -0.25) is 14.4 Å². The average molecular weight is 316 g/mol. The summed E-state index contributed by atoms with van der Waals surface area (Å²) in [7, 11) is 0. The van der Waals surface area contributed by atoms with Crippen molar-refractivity contribution in [1.82, 2.24) is 4.90 Å². The third kappa shape index (κ3) is 4.65. The summed E-state index contributed by atoms with van der Waals surface area (Å²) in [5.41, 5.74) is 1.33. The molecule has 0 radical (unpaired) electrons. The van der Waals surface area contributed by atoms with E-state index in [1.165, 1.54) is 20.3 Å². The molecule has 0 aromatic heterocycles. The summed E-state index contributed by atoms with van der Waals surface area (Å²) in [5.74, 6) is -0.00507. The van der Waals surface area contributed by atoms with E-state index < -0.39 is 0 Å². The second-order valence-electron chi connectivity index (χ2n) is 5.97. The zero-order valence-corrected chi connectivity index (χ0v) is 13.9. The van der Waals surface area contributed by atoms with E-state index in [2.05, 4.69) is 0 Å². The minimum absolute atomic E-state index is 0.00815. The summed E-state index contributed by atoms with van der Waals surface area (Å²) in [6.45, 7) is 5.02. The normalized spacial score (nSPS) is 14.4. The van der Waals surface area contributed by atoms with Crippen molar-refractivity contribution >= 4 is 23.3 Å². The summed E-state index contributed by atoms with van der Waals surface area (Å²) in [6, 6.07) is 6.92. The summed E-state index contributed by atoms with van der Waals surface area (Å²) in [5, 5.41) is 0. The van der Waals surface area contributed by atoms with Gasteiger partial charge >= 0.3 is 0 Å². The van der Waals surface area contributed by atoms with Gasteiger partial charge in [0.15, 0.2) is 5.78 Å². The number of piperidine rings is 1. The predicted molar refractivity (Wildman–Crippen MR) is 89.5 cm³/mol. The van der Waals surface area contributed by atoms with Crippen molar-refractivity contribution in [2.75, 3.05) is 24.5 Å². The lowest BCUT2D eigenvalue weighted by atomic mass is 10.1. The molecule has 0 spiro atoms. The summed E-state index contributed by atoms with van der Waals surface area (Å²) < 4.78 is 0. The number of hydrogen-bond acceptors (Lipinski definition) is 3. The average Bonchev–Trinajstić information content (AvgIpc) is 2.55. The van der Waals surface area contributed by atoms with Crippen molar-refractivity contribution in [2.24, 2.45) is 0 Å². The summed E-state index contributed by atoms with van der Waals surface area (Å²) in [6.07, 6.45) is 3.64. The van der Waals surface area contributed by atoms with Gasteiger partial charge in [0.1, 0.15) is 0 Å². The number of benzene rings is 1. The monoisotopic (exact) mass is 316 g/mol. The summed E-state index contributed by atoms with van der Waals surface area (Å²) in [4.78, 5) is 38.9. The van der Waals surface area contributed by atoms with Crippen LogP contribution in [0.25, 0.3) is 0 Å². The minimum Gasteiger partial charge on any atom is -0.343 e. The number of rotatable bonds is 5. The first-order valence-electron chi connectivity index (χ1n) is 8.16. The Hall–Kier alpha value is -2.17. The Kier molecular flexibility index (Phi) is 5.90. The molecule has 0 unspecified atom stereocenters. The molecule has 1 aromatic carbocycles. The number of carbonyl (C=O) groups is 3. The van der Waals surface area contributed by atoms with E-state index in [9.17, 15) is 14.4 Å². The van der Waals surface area contributed by atoms with Gasteiger partial charge in [-0.25, -0.2) is 0 Å². The molecular weight excluding hydrogens is 292 g/mol. The highest BCUT2D eigenvalue weighted by Crippen LogP contribution is 2.17. The lowest BCUT2D eigenvalue weighted by molar-refractivity contribution is -0.131. The van der Waals surface area contributed by atoms with Crippen LogP contribution in [0.3, 0.4) is 0 Å². The van der Waals surface area contributed by atoms with Crippen LogP contribution >= 0.6 is 0 Å². The molecule has 2 rings (SSSR count).